The molecule has 5 rings (SSSR count). The number of imide groups is 1. The first-order chi connectivity index (χ1) is 16.6. The summed E-state index contributed by atoms with van der Waals surface area (Å²) in [6.07, 6.45) is 3.85. The van der Waals surface area contributed by atoms with Crippen molar-refractivity contribution in [2.75, 3.05) is 13.2 Å². The third-order valence-electron chi connectivity index (χ3n) is 5.57. The van der Waals surface area contributed by atoms with Crippen LogP contribution in [-0.2, 0) is 11.3 Å². The van der Waals surface area contributed by atoms with Crippen molar-refractivity contribution in [2.45, 2.75) is 6.54 Å². The molecule has 7 heteroatoms. The van der Waals surface area contributed by atoms with Crippen molar-refractivity contribution in [1.82, 2.24) is 9.47 Å². The number of hydrogen-bond donors (Lipinski definition) is 0. The van der Waals surface area contributed by atoms with Gasteiger partial charge in [0.2, 0.25) is 0 Å². The molecule has 3 aromatic carbocycles. The van der Waals surface area contributed by atoms with E-state index < -0.39 is 0 Å². The van der Waals surface area contributed by atoms with Crippen LogP contribution in [-0.4, -0.2) is 33.8 Å². The standard InChI is InChI=1S/C27H21ClN2O3S/c28-21-10-12-22(13-11-21)33-15-14-30-26(31)25(34-27(30)32)16-20-18-29(17-19-6-2-1-3-7-19)24-9-5-4-8-23(20)24/h1-13,16,18H,14-15,17H2/b25-16-. The van der Waals surface area contributed by atoms with Gasteiger partial charge in [-0.3, -0.25) is 14.5 Å². The van der Waals surface area contributed by atoms with Crippen molar-refractivity contribution in [1.29, 1.82) is 0 Å². The molecule has 1 saturated heterocycles. The molecule has 0 N–H and O–H groups in total. The fourth-order valence-corrected chi connectivity index (χ4v) is 4.90. The molecule has 0 radical (unpaired) electrons. The Kier molecular flexibility index (Phi) is 6.43. The maximum absolute atomic E-state index is 13.0. The molecule has 1 fully saturated rings. The van der Waals surface area contributed by atoms with E-state index >= 15 is 0 Å². The number of nitrogens with zero attached hydrogens (tertiary/aromatic N) is 2. The number of carbonyl (C=O) groups excluding carboxylic acids is 2. The van der Waals surface area contributed by atoms with E-state index in [4.69, 9.17) is 16.3 Å². The number of ether oxygens (including phenoxy) is 1. The van der Waals surface area contributed by atoms with Gasteiger partial charge in [-0.05, 0) is 53.7 Å². The minimum absolute atomic E-state index is 0.181. The van der Waals surface area contributed by atoms with Crippen LogP contribution >= 0.6 is 23.4 Å². The monoisotopic (exact) mass is 488 g/mol. The predicted molar refractivity (Wildman–Crippen MR) is 137 cm³/mol. The molecule has 0 saturated carbocycles. The summed E-state index contributed by atoms with van der Waals surface area (Å²) in [4.78, 5) is 27.2. The molecule has 2 heterocycles. The van der Waals surface area contributed by atoms with E-state index in [2.05, 4.69) is 22.8 Å². The molecule has 0 unspecified atom stereocenters. The van der Waals surface area contributed by atoms with Gasteiger partial charge in [0.1, 0.15) is 12.4 Å². The zero-order valence-corrected chi connectivity index (χ0v) is 19.8. The van der Waals surface area contributed by atoms with Crippen molar-refractivity contribution >= 4 is 51.5 Å². The number of para-hydroxylation sites is 1. The van der Waals surface area contributed by atoms with Crippen LogP contribution in [0.3, 0.4) is 0 Å². The van der Waals surface area contributed by atoms with Gasteiger partial charge in [-0.2, -0.15) is 0 Å². The fraction of sp³-hybridized carbons (Fsp3) is 0.111. The second-order valence-corrected chi connectivity index (χ2v) is 9.28. The van der Waals surface area contributed by atoms with Gasteiger partial charge in [-0.25, -0.2) is 0 Å². The number of aromatic nitrogens is 1. The van der Waals surface area contributed by atoms with Gasteiger partial charge >= 0.3 is 0 Å². The summed E-state index contributed by atoms with van der Waals surface area (Å²) in [7, 11) is 0. The number of halogens is 1. The smallest absolute Gasteiger partial charge is 0.293 e. The summed E-state index contributed by atoms with van der Waals surface area (Å²) < 4.78 is 7.82. The number of hydrogen-bond acceptors (Lipinski definition) is 4. The van der Waals surface area contributed by atoms with E-state index in [-0.39, 0.29) is 24.3 Å². The van der Waals surface area contributed by atoms with E-state index in [9.17, 15) is 9.59 Å². The van der Waals surface area contributed by atoms with Crippen molar-refractivity contribution in [2.24, 2.45) is 0 Å². The van der Waals surface area contributed by atoms with Crippen LogP contribution in [0, 0.1) is 0 Å². The van der Waals surface area contributed by atoms with Crippen molar-refractivity contribution in [3.05, 3.63) is 106 Å². The number of rotatable bonds is 7. The summed E-state index contributed by atoms with van der Waals surface area (Å²) in [5, 5.41) is 1.37. The normalized spacial score (nSPS) is 15.0. The minimum Gasteiger partial charge on any atom is -0.492 e. The molecule has 1 aromatic heterocycles. The van der Waals surface area contributed by atoms with Crippen molar-refractivity contribution in [3.63, 3.8) is 0 Å². The lowest BCUT2D eigenvalue weighted by atomic mass is 10.1. The van der Waals surface area contributed by atoms with Gasteiger partial charge in [0.05, 0.1) is 11.4 Å². The Morgan fingerprint density at radius 1 is 0.912 bits per heavy atom. The van der Waals surface area contributed by atoms with Gasteiger partial charge in [-0.1, -0.05) is 60.1 Å². The molecule has 0 atom stereocenters. The van der Waals surface area contributed by atoms with Crippen LogP contribution in [0.25, 0.3) is 17.0 Å². The summed E-state index contributed by atoms with van der Waals surface area (Å²) in [6, 6.07) is 25.3. The Balaban J connectivity index is 1.34. The van der Waals surface area contributed by atoms with Gasteiger partial charge in [-0.15, -0.1) is 0 Å². The highest BCUT2D eigenvalue weighted by Gasteiger charge is 2.35. The Morgan fingerprint density at radius 2 is 1.65 bits per heavy atom. The molecule has 2 amide bonds. The molecular formula is C27H21ClN2O3S. The van der Waals surface area contributed by atoms with Crippen LogP contribution in [0.15, 0.2) is 90.0 Å². The van der Waals surface area contributed by atoms with Gasteiger partial charge in [0.15, 0.2) is 0 Å². The molecule has 0 spiro atoms. The molecule has 5 nitrogen and oxygen atoms in total. The van der Waals surface area contributed by atoms with E-state index in [0.29, 0.717) is 15.7 Å². The summed E-state index contributed by atoms with van der Waals surface area (Å²) in [5.74, 6) is 0.340. The zero-order valence-electron chi connectivity index (χ0n) is 18.2. The van der Waals surface area contributed by atoms with Gasteiger partial charge in [0.25, 0.3) is 11.1 Å². The Hall–Kier alpha value is -3.48. The third-order valence-corrected chi connectivity index (χ3v) is 6.73. The van der Waals surface area contributed by atoms with Crippen LogP contribution in [0.5, 0.6) is 5.75 Å². The Morgan fingerprint density at radius 3 is 2.44 bits per heavy atom. The highest BCUT2D eigenvalue weighted by Crippen LogP contribution is 2.34. The molecule has 0 aliphatic carbocycles. The molecule has 4 aromatic rings. The highest BCUT2D eigenvalue weighted by atomic mass is 35.5. The second-order valence-electron chi connectivity index (χ2n) is 7.85. The molecular weight excluding hydrogens is 468 g/mol. The lowest BCUT2D eigenvalue weighted by Gasteiger charge is -2.13. The largest absolute Gasteiger partial charge is 0.492 e. The molecule has 1 aliphatic rings. The SMILES string of the molecule is O=C1S/C(=C\c2cn(Cc3ccccc3)c3ccccc23)C(=O)N1CCOc1ccc(Cl)cc1. The second kappa shape index (κ2) is 9.79. The van der Waals surface area contributed by atoms with Crippen LogP contribution < -0.4 is 4.74 Å². The van der Waals surface area contributed by atoms with Gasteiger partial charge < -0.3 is 9.30 Å². The first-order valence-electron chi connectivity index (χ1n) is 10.8. The number of benzene rings is 3. The van der Waals surface area contributed by atoms with E-state index in [1.54, 1.807) is 24.3 Å². The zero-order chi connectivity index (χ0) is 23.5. The average Bonchev–Trinajstić information content (AvgIpc) is 3.33. The number of carbonyl (C=O) groups is 2. The Bertz CT molecular complexity index is 1380. The molecule has 0 bridgehead atoms. The quantitative estimate of drug-likeness (QED) is 0.280. The third kappa shape index (κ3) is 4.74. The lowest BCUT2D eigenvalue weighted by molar-refractivity contribution is -0.123. The predicted octanol–water partition coefficient (Wildman–Crippen LogP) is 6.46. The van der Waals surface area contributed by atoms with Crippen LogP contribution in [0.1, 0.15) is 11.1 Å². The highest BCUT2D eigenvalue weighted by molar-refractivity contribution is 8.18. The molecule has 170 valence electrons. The Labute approximate surface area is 206 Å². The number of fused-ring (bicyclic) bond motifs is 1. The van der Waals surface area contributed by atoms with E-state index in [1.807, 2.05) is 48.7 Å². The van der Waals surface area contributed by atoms with E-state index in [1.165, 1.54) is 10.5 Å². The minimum atomic E-state index is -0.297. The van der Waals surface area contributed by atoms with Crippen molar-refractivity contribution in [3.8, 4) is 5.75 Å². The van der Waals surface area contributed by atoms with Crippen LogP contribution in [0.2, 0.25) is 5.02 Å². The first kappa shape index (κ1) is 22.3. The maximum atomic E-state index is 13.0. The maximum Gasteiger partial charge on any atom is 0.293 e. The van der Waals surface area contributed by atoms with Crippen molar-refractivity contribution < 1.29 is 14.3 Å². The summed E-state index contributed by atoms with van der Waals surface area (Å²) >= 11 is 6.85. The van der Waals surface area contributed by atoms with Gasteiger partial charge in [0, 0.05) is 34.2 Å². The lowest BCUT2D eigenvalue weighted by Crippen LogP contribution is -2.32. The topological polar surface area (TPSA) is 51.5 Å². The average molecular weight is 489 g/mol. The van der Waals surface area contributed by atoms with E-state index in [0.717, 1.165) is 34.8 Å². The first-order valence-corrected chi connectivity index (χ1v) is 12.0. The summed E-state index contributed by atoms with van der Waals surface area (Å²) in [6.45, 7) is 1.11. The molecule has 34 heavy (non-hydrogen) atoms. The number of amides is 2. The number of thioether (sulfide) groups is 1. The molecule has 1 aliphatic heterocycles. The fourth-order valence-electron chi connectivity index (χ4n) is 3.92. The summed E-state index contributed by atoms with van der Waals surface area (Å²) in [5.41, 5.74) is 3.18. The van der Waals surface area contributed by atoms with Crippen LogP contribution in [0.4, 0.5) is 4.79 Å².